The van der Waals surface area contributed by atoms with Gasteiger partial charge in [0.15, 0.2) is 0 Å². The van der Waals surface area contributed by atoms with Crippen LogP contribution in [0.3, 0.4) is 0 Å². The Labute approximate surface area is 111 Å². The van der Waals surface area contributed by atoms with Crippen LogP contribution in [0.1, 0.15) is 38.8 Å². The SMILES string of the molecule is CC(C)CC(NC(C)c1ccc(F)cc1F)C(=O)O. The third kappa shape index (κ3) is 4.59. The third-order valence-corrected chi connectivity index (χ3v) is 2.89. The minimum Gasteiger partial charge on any atom is -0.480 e. The van der Waals surface area contributed by atoms with Crippen molar-refractivity contribution in [2.45, 2.75) is 39.3 Å². The van der Waals surface area contributed by atoms with Crippen LogP contribution in [0.2, 0.25) is 0 Å². The topological polar surface area (TPSA) is 49.3 Å². The number of hydrogen-bond acceptors (Lipinski definition) is 2. The summed E-state index contributed by atoms with van der Waals surface area (Å²) in [6.45, 7) is 5.49. The highest BCUT2D eigenvalue weighted by molar-refractivity contribution is 5.73. The highest BCUT2D eigenvalue weighted by atomic mass is 19.1. The largest absolute Gasteiger partial charge is 0.480 e. The second kappa shape index (κ2) is 6.61. The van der Waals surface area contributed by atoms with Gasteiger partial charge in [0, 0.05) is 17.7 Å². The van der Waals surface area contributed by atoms with Crippen molar-refractivity contribution in [1.82, 2.24) is 5.32 Å². The molecular weight excluding hydrogens is 252 g/mol. The Morgan fingerprint density at radius 2 is 1.95 bits per heavy atom. The van der Waals surface area contributed by atoms with Crippen LogP contribution in [-0.4, -0.2) is 17.1 Å². The van der Waals surface area contributed by atoms with E-state index >= 15 is 0 Å². The number of halogens is 2. The zero-order valence-electron chi connectivity index (χ0n) is 11.3. The van der Waals surface area contributed by atoms with Crippen molar-refractivity contribution in [3.8, 4) is 0 Å². The predicted octanol–water partition coefficient (Wildman–Crippen LogP) is 3.11. The van der Waals surface area contributed by atoms with Gasteiger partial charge in [0.1, 0.15) is 17.7 Å². The van der Waals surface area contributed by atoms with Gasteiger partial charge >= 0.3 is 5.97 Å². The van der Waals surface area contributed by atoms with Crippen LogP contribution < -0.4 is 5.32 Å². The van der Waals surface area contributed by atoms with Gasteiger partial charge in [0.2, 0.25) is 0 Å². The van der Waals surface area contributed by atoms with E-state index in [4.69, 9.17) is 5.11 Å². The first-order valence-corrected chi connectivity index (χ1v) is 6.25. The summed E-state index contributed by atoms with van der Waals surface area (Å²) in [6.07, 6.45) is 0.447. The number of carbonyl (C=O) groups is 1. The van der Waals surface area contributed by atoms with E-state index in [1.54, 1.807) is 6.92 Å². The maximum atomic E-state index is 13.6. The number of benzene rings is 1. The predicted molar refractivity (Wildman–Crippen MR) is 68.8 cm³/mol. The number of aliphatic carboxylic acids is 1. The maximum Gasteiger partial charge on any atom is 0.320 e. The first-order valence-electron chi connectivity index (χ1n) is 6.25. The van der Waals surface area contributed by atoms with E-state index in [2.05, 4.69) is 5.32 Å². The van der Waals surface area contributed by atoms with Gasteiger partial charge in [0.25, 0.3) is 0 Å². The summed E-state index contributed by atoms with van der Waals surface area (Å²) in [4.78, 5) is 11.1. The average Bonchev–Trinajstić information content (AvgIpc) is 2.26. The van der Waals surface area contributed by atoms with E-state index in [0.717, 1.165) is 12.1 Å². The number of rotatable bonds is 6. The fraction of sp³-hybridized carbons (Fsp3) is 0.500. The molecule has 0 amide bonds. The van der Waals surface area contributed by atoms with Crippen LogP contribution in [0.4, 0.5) is 8.78 Å². The lowest BCUT2D eigenvalue weighted by molar-refractivity contribution is -0.140. The Hall–Kier alpha value is -1.49. The van der Waals surface area contributed by atoms with Gasteiger partial charge in [-0.15, -0.1) is 0 Å². The molecule has 2 atom stereocenters. The fourth-order valence-corrected chi connectivity index (χ4v) is 1.96. The molecule has 2 N–H and O–H groups in total. The summed E-state index contributed by atoms with van der Waals surface area (Å²) < 4.78 is 26.4. The van der Waals surface area contributed by atoms with Crippen molar-refractivity contribution < 1.29 is 18.7 Å². The lowest BCUT2D eigenvalue weighted by atomic mass is 10.0. The summed E-state index contributed by atoms with van der Waals surface area (Å²) in [5.74, 6) is -2.08. The lowest BCUT2D eigenvalue weighted by Crippen LogP contribution is -2.39. The molecule has 0 aromatic heterocycles. The molecule has 1 rings (SSSR count). The Kier molecular flexibility index (Phi) is 5.42. The monoisotopic (exact) mass is 271 g/mol. The molecule has 0 radical (unpaired) electrons. The van der Waals surface area contributed by atoms with Crippen molar-refractivity contribution in [3.05, 3.63) is 35.4 Å². The molecule has 3 nitrogen and oxygen atoms in total. The number of carboxylic acids is 1. The molecule has 19 heavy (non-hydrogen) atoms. The van der Waals surface area contributed by atoms with Crippen LogP contribution in [0.15, 0.2) is 18.2 Å². The molecule has 0 heterocycles. The first-order chi connectivity index (χ1) is 8.81. The standard InChI is InChI=1S/C14H19F2NO2/c1-8(2)6-13(14(18)19)17-9(3)11-5-4-10(15)7-12(11)16/h4-5,7-9,13,17H,6H2,1-3H3,(H,18,19). The van der Waals surface area contributed by atoms with E-state index in [-0.39, 0.29) is 11.5 Å². The molecule has 0 saturated heterocycles. The summed E-state index contributed by atoms with van der Waals surface area (Å²) in [5, 5.41) is 12.0. The van der Waals surface area contributed by atoms with Gasteiger partial charge in [-0.1, -0.05) is 19.9 Å². The summed E-state index contributed by atoms with van der Waals surface area (Å²) in [7, 11) is 0. The molecule has 0 saturated carbocycles. The van der Waals surface area contributed by atoms with Gasteiger partial charge in [-0.3, -0.25) is 10.1 Å². The average molecular weight is 271 g/mol. The van der Waals surface area contributed by atoms with Crippen molar-refractivity contribution in [3.63, 3.8) is 0 Å². The molecule has 0 fully saturated rings. The van der Waals surface area contributed by atoms with E-state index in [1.165, 1.54) is 6.07 Å². The van der Waals surface area contributed by atoms with Gasteiger partial charge in [-0.25, -0.2) is 8.78 Å². The van der Waals surface area contributed by atoms with E-state index in [1.807, 2.05) is 13.8 Å². The van der Waals surface area contributed by atoms with Crippen LogP contribution in [0, 0.1) is 17.6 Å². The maximum absolute atomic E-state index is 13.6. The van der Waals surface area contributed by atoms with Crippen LogP contribution >= 0.6 is 0 Å². The highest BCUT2D eigenvalue weighted by Gasteiger charge is 2.22. The molecule has 106 valence electrons. The minimum absolute atomic E-state index is 0.207. The zero-order valence-corrected chi connectivity index (χ0v) is 11.3. The molecular formula is C14H19F2NO2. The fourth-order valence-electron chi connectivity index (χ4n) is 1.96. The zero-order chi connectivity index (χ0) is 14.6. The first kappa shape index (κ1) is 15.6. The second-order valence-corrected chi connectivity index (χ2v) is 5.07. The number of nitrogens with one attached hydrogen (secondary N) is 1. The van der Waals surface area contributed by atoms with Gasteiger partial charge in [0.05, 0.1) is 0 Å². The Balaban J connectivity index is 2.81. The van der Waals surface area contributed by atoms with Crippen molar-refractivity contribution in [2.24, 2.45) is 5.92 Å². The molecule has 0 bridgehead atoms. The van der Waals surface area contributed by atoms with Crippen LogP contribution in [0.5, 0.6) is 0 Å². The van der Waals surface area contributed by atoms with Crippen LogP contribution in [-0.2, 0) is 4.79 Å². The number of hydrogen-bond donors (Lipinski definition) is 2. The number of carboxylic acid groups (broad SMARTS) is 1. The molecule has 0 aliphatic rings. The quantitative estimate of drug-likeness (QED) is 0.835. The van der Waals surface area contributed by atoms with Crippen molar-refractivity contribution >= 4 is 5.97 Å². The van der Waals surface area contributed by atoms with Crippen molar-refractivity contribution in [2.75, 3.05) is 0 Å². The molecule has 0 aliphatic heterocycles. The Bertz CT molecular complexity index is 449. The lowest BCUT2D eigenvalue weighted by Gasteiger charge is -2.22. The molecule has 1 aromatic rings. The van der Waals surface area contributed by atoms with E-state index < -0.39 is 29.7 Å². The smallest absolute Gasteiger partial charge is 0.320 e. The van der Waals surface area contributed by atoms with Crippen LogP contribution in [0.25, 0.3) is 0 Å². The van der Waals surface area contributed by atoms with Crippen molar-refractivity contribution in [1.29, 1.82) is 0 Å². The molecule has 1 aromatic carbocycles. The van der Waals surface area contributed by atoms with Gasteiger partial charge in [-0.05, 0) is 25.3 Å². The molecule has 5 heteroatoms. The third-order valence-electron chi connectivity index (χ3n) is 2.89. The van der Waals surface area contributed by atoms with E-state index in [0.29, 0.717) is 6.42 Å². The highest BCUT2D eigenvalue weighted by Crippen LogP contribution is 2.19. The van der Waals surface area contributed by atoms with Gasteiger partial charge < -0.3 is 5.11 Å². The minimum atomic E-state index is -0.969. The summed E-state index contributed by atoms with van der Waals surface area (Å²) in [6, 6.07) is 2.04. The summed E-state index contributed by atoms with van der Waals surface area (Å²) in [5.41, 5.74) is 0.261. The molecule has 2 unspecified atom stereocenters. The Morgan fingerprint density at radius 3 is 2.42 bits per heavy atom. The van der Waals surface area contributed by atoms with Gasteiger partial charge in [-0.2, -0.15) is 0 Å². The second-order valence-electron chi connectivity index (χ2n) is 5.07. The Morgan fingerprint density at radius 1 is 1.32 bits per heavy atom. The molecule has 0 aliphatic carbocycles. The molecule has 0 spiro atoms. The summed E-state index contributed by atoms with van der Waals surface area (Å²) >= 11 is 0. The normalized spacial score (nSPS) is 14.4. The van der Waals surface area contributed by atoms with E-state index in [9.17, 15) is 13.6 Å².